The zero-order valence-electron chi connectivity index (χ0n) is 19.4. The minimum atomic E-state index is -0.711. The smallest absolute Gasteiger partial charge is 0.408 e. The molecule has 1 spiro atoms. The molecule has 2 aromatic carbocycles. The van der Waals surface area contributed by atoms with Crippen LogP contribution in [0.25, 0.3) is 11.1 Å². The van der Waals surface area contributed by atoms with E-state index in [0.29, 0.717) is 5.92 Å². The predicted octanol–water partition coefficient (Wildman–Crippen LogP) is 6.07. The van der Waals surface area contributed by atoms with Gasteiger partial charge in [0.15, 0.2) is 0 Å². The minimum Gasteiger partial charge on any atom is -0.465 e. The van der Waals surface area contributed by atoms with Gasteiger partial charge in [0.05, 0.1) is 12.1 Å². The first kappa shape index (κ1) is 20.1. The number of amides is 1. The van der Waals surface area contributed by atoms with Crippen LogP contribution in [0.15, 0.2) is 42.5 Å². The summed E-state index contributed by atoms with van der Waals surface area (Å²) < 4.78 is 0. The monoisotopic (exact) mass is 442 g/mol. The molecule has 0 radical (unpaired) electrons. The average molecular weight is 443 g/mol. The first-order valence-electron chi connectivity index (χ1n) is 13.1. The molecular weight excluding hydrogens is 408 g/mol. The highest BCUT2D eigenvalue weighted by Gasteiger charge is 2.57. The van der Waals surface area contributed by atoms with Gasteiger partial charge in [0, 0.05) is 6.54 Å². The Morgan fingerprint density at radius 3 is 2.27 bits per heavy atom. The predicted molar refractivity (Wildman–Crippen MR) is 129 cm³/mol. The van der Waals surface area contributed by atoms with Gasteiger partial charge in [-0.05, 0) is 110 Å². The summed E-state index contributed by atoms with van der Waals surface area (Å²) in [4.78, 5) is 17.2. The molecule has 33 heavy (non-hydrogen) atoms. The third-order valence-corrected chi connectivity index (χ3v) is 9.57. The van der Waals surface area contributed by atoms with Crippen molar-refractivity contribution in [3.05, 3.63) is 59.2 Å². The van der Waals surface area contributed by atoms with Crippen molar-refractivity contribution in [1.29, 1.82) is 0 Å². The molecule has 172 valence electrons. The third kappa shape index (κ3) is 3.32. The summed E-state index contributed by atoms with van der Waals surface area (Å²) in [5.41, 5.74) is 6.85. The maximum absolute atomic E-state index is 12.8. The Balaban J connectivity index is 1.25. The highest BCUT2D eigenvalue weighted by molar-refractivity contribution is 5.69. The molecule has 4 heteroatoms. The lowest BCUT2D eigenvalue weighted by Gasteiger charge is -2.52. The van der Waals surface area contributed by atoms with Gasteiger partial charge in [-0.3, -0.25) is 4.90 Å². The van der Waals surface area contributed by atoms with E-state index in [-0.39, 0.29) is 17.5 Å². The summed E-state index contributed by atoms with van der Waals surface area (Å²) in [6.07, 6.45) is 8.80. The Kier molecular flexibility index (Phi) is 4.46. The Morgan fingerprint density at radius 2 is 1.67 bits per heavy atom. The Morgan fingerprint density at radius 1 is 0.939 bits per heavy atom. The first-order valence-corrected chi connectivity index (χ1v) is 13.1. The lowest BCUT2D eigenvalue weighted by atomic mass is 9.73. The molecule has 1 N–H and O–H groups in total. The van der Waals surface area contributed by atoms with Crippen LogP contribution >= 0.6 is 0 Å². The van der Waals surface area contributed by atoms with Crippen molar-refractivity contribution in [2.45, 2.75) is 69.4 Å². The maximum atomic E-state index is 12.8. The number of benzene rings is 2. The van der Waals surface area contributed by atoms with Crippen LogP contribution in [0.2, 0.25) is 0 Å². The van der Waals surface area contributed by atoms with Crippen LogP contribution in [0.4, 0.5) is 4.79 Å². The van der Waals surface area contributed by atoms with E-state index in [9.17, 15) is 9.90 Å². The Hall–Kier alpha value is -2.33. The molecule has 2 atom stereocenters. The highest BCUT2D eigenvalue weighted by Crippen LogP contribution is 2.64. The van der Waals surface area contributed by atoms with Crippen molar-refractivity contribution in [2.75, 3.05) is 19.6 Å². The van der Waals surface area contributed by atoms with E-state index in [1.807, 2.05) is 4.90 Å². The number of hydrogen-bond acceptors (Lipinski definition) is 2. The van der Waals surface area contributed by atoms with Crippen LogP contribution in [0.1, 0.15) is 73.6 Å². The largest absolute Gasteiger partial charge is 0.465 e. The summed E-state index contributed by atoms with van der Waals surface area (Å²) in [5.74, 6) is 1.31. The van der Waals surface area contributed by atoms with E-state index in [0.717, 1.165) is 51.2 Å². The molecule has 3 aliphatic heterocycles. The van der Waals surface area contributed by atoms with E-state index in [4.69, 9.17) is 0 Å². The van der Waals surface area contributed by atoms with Crippen LogP contribution in [0.3, 0.4) is 0 Å². The van der Waals surface area contributed by atoms with E-state index >= 15 is 0 Å². The van der Waals surface area contributed by atoms with Crippen molar-refractivity contribution in [2.24, 2.45) is 11.3 Å². The second-order valence-corrected chi connectivity index (χ2v) is 11.5. The Bertz CT molecular complexity index is 1080. The van der Waals surface area contributed by atoms with Crippen molar-refractivity contribution < 1.29 is 9.90 Å². The highest BCUT2D eigenvalue weighted by atomic mass is 16.4. The molecule has 2 saturated carbocycles. The molecule has 2 aromatic rings. The van der Waals surface area contributed by atoms with Crippen LogP contribution in [-0.4, -0.2) is 46.7 Å². The van der Waals surface area contributed by atoms with Crippen LogP contribution in [0.5, 0.6) is 0 Å². The fraction of sp³-hybridized carbons (Fsp3) is 0.552. The number of aryl methyl sites for hydroxylation is 1. The average Bonchev–Trinajstić information content (AvgIpc) is 3.78. The number of nitrogens with zero attached hydrogens (tertiary/aromatic N) is 2. The molecular formula is C29H34N2O2. The molecule has 2 bridgehead atoms. The van der Waals surface area contributed by atoms with Gasteiger partial charge in [0.2, 0.25) is 0 Å². The lowest BCUT2D eigenvalue weighted by molar-refractivity contribution is -0.0243. The summed E-state index contributed by atoms with van der Waals surface area (Å²) in [5, 5.41) is 10.5. The molecule has 5 fully saturated rings. The summed E-state index contributed by atoms with van der Waals surface area (Å²) >= 11 is 0. The Labute approximate surface area is 196 Å². The molecule has 3 saturated heterocycles. The van der Waals surface area contributed by atoms with Gasteiger partial charge in [0.1, 0.15) is 0 Å². The maximum Gasteiger partial charge on any atom is 0.408 e. The number of hydrogen-bond donors (Lipinski definition) is 1. The zero-order valence-corrected chi connectivity index (χ0v) is 19.4. The van der Waals surface area contributed by atoms with Crippen LogP contribution in [0, 0.1) is 11.3 Å². The van der Waals surface area contributed by atoms with E-state index in [2.05, 4.69) is 47.4 Å². The standard InChI is InChI=1S/C29H34N2O2/c32-28(33)31(26-18-30-15-10-22(26)11-16-30)27-25-8-7-23(17-24(25)9-12-29(27)13-14-29)21-5-3-20(4-6-21)19-1-2-19/h3-8,17,19,22,26-27H,1-2,9-16,18H2,(H,32,33)/t26-,27?/m1/s1. The van der Waals surface area contributed by atoms with Crippen molar-refractivity contribution >= 4 is 6.09 Å². The molecule has 3 aliphatic carbocycles. The van der Waals surface area contributed by atoms with E-state index < -0.39 is 6.09 Å². The van der Waals surface area contributed by atoms with Gasteiger partial charge < -0.3 is 10.0 Å². The van der Waals surface area contributed by atoms with Gasteiger partial charge in [-0.25, -0.2) is 4.79 Å². The van der Waals surface area contributed by atoms with Crippen molar-refractivity contribution in [3.8, 4) is 11.1 Å². The summed E-state index contributed by atoms with van der Waals surface area (Å²) in [6, 6.07) is 16.2. The molecule has 1 amide bonds. The number of carbonyl (C=O) groups is 1. The molecule has 4 nitrogen and oxygen atoms in total. The van der Waals surface area contributed by atoms with Crippen molar-refractivity contribution in [1.82, 2.24) is 9.80 Å². The summed E-state index contributed by atoms with van der Waals surface area (Å²) in [6.45, 7) is 3.21. The fourth-order valence-corrected chi connectivity index (χ4v) is 7.30. The number of rotatable bonds is 4. The minimum absolute atomic E-state index is 0.0237. The topological polar surface area (TPSA) is 43.8 Å². The second kappa shape index (κ2) is 7.33. The van der Waals surface area contributed by atoms with Crippen molar-refractivity contribution in [3.63, 3.8) is 0 Å². The number of fused-ring (bicyclic) bond motifs is 4. The normalized spacial score (nSPS) is 31.3. The second-order valence-electron chi connectivity index (χ2n) is 11.5. The van der Waals surface area contributed by atoms with Crippen LogP contribution < -0.4 is 0 Å². The number of carboxylic acid groups (broad SMARTS) is 1. The molecule has 8 rings (SSSR count). The van der Waals surface area contributed by atoms with Gasteiger partial charge >= 0.3 is 6.09 Å². The van der Waals surface area contributed by atoms with Gasteiger partial charge in [0.25, 0.3) is 0 Å². The molecule has 6 aliphatic rings. The van der Waals surface area contributed by atoms with Gasteiger partial charge in [-0.15, -0.1) is 0 Å². The quantitative estimate of drug-likeness (QED) is 0.625. The lowest BCUT2D eigenvalue weighted by Crippen LogP contribution is -2.60. The zero-order chi connectivity index (χ0) is 22.2. The van der Waals surface area contributed by atoms with Gasteiger partial charge in [-0.1, -0.05) is 42.5 Å². The fourth-order valence-electron chi connectivity index (χ4n) is 7.30. The van der Waals surface area contributed by atoms with Gasteiger partial charge in [-0.2, -0.15) is 0 Å². The molecule has 1 unspecified atom stereocenters. The number of piperidine rings is 3. The SMILES string of the molecule is O=C(O)N(C1c2ccc(-c3ccc(C4CC4)cc3)cc2CCC12CC2)[C@@H]1CN2CCC1CC2. The molecule has 0 aromatic heterocycles. The van der Waals surface area contributed by atoms with E-state index in [1.54, 1.807) is 0 Å². The summed E-state index contributed by atoms with van der Waals surface area (Å²) in [7, 11) is 0. The third-order valence-electron chi connectivity index (χ3n) is 9.57. The molecule has 3 heterocycles. The van der Waals surface area contributed by atoms with E-state index in [1.165, 1.54) is 53.5 Å². The first-order chi connectivity index (χ1) is 16.1. The van der Waals surface area contributed by atoms with Crippen LogP contribution in [-0.2, 0) is 6.42 Å².